The molecule has 1 heterocycles. The molecule has 0 unspecified atom stereocenters. The summed E-state index contributed by atoms with van der Waals surface area (Å²) in [4.78, 5) is 0. The van der Waals surface area contributed by atoms with Crippen LogP contribution in [0.1, 0.15) is 19.9 Å². The SMILES string of the molecule is CC(C)n1nccc1NS(N)(=O)=O. The number of nitrogens with two attached hydrogens (primary N) is 1. The van der Waals surface area contributed by atoms with Crippen molar-refractivity contribution in [1.29, 1.82) is 0 Å². The summed E-state index contributed by atoms with van der Waals surface area (Å²) >= 11 is 0. The molecule has 0 spiro atoms. The molecule has 0 aliphatic carbocycles. The lowest BCUT2D eigenvalue weighted by Crippen LogP contribution is -2.24. The summed E-state index contributed by atoms with van der Waals surface area (Å²) in [5, 5.41) is 8.75. The average Bonchev–Trinajstić information content (AvgIpc) is 2.31. The second-order valence-electron chi connectivity index (χ2n) is 2.90. The first-order chi connectivity index (χ1) is 5.90. The zero-order valence-electron chi connectivity index (χ0n) is 7.43. The maximum absolute atomic E-state index is 10.7. The summed E-state index contributed by atoms with van der Waals surface area (Å²) in [5.41, 5.74) is 0. The molecule has 0 aromatic carbocycles. The standard InChI is InChI=1S/C6H12N4O2S/c1-5(2)10-6(3-4-8-10)9-13(7,11)12/h3-5,9H,1-2H3,(H2,7,11,12). The van der Waals surface area contributed by atoms with E-state index in [1.165, 1.54) is 10.9 Å². The number of hydrogen-bond acceptors (Lipinski definition) is 3. The van der Waals surface area contributed by atoms with Crippen molar-refractivity contribution < 1.29 is 8.42 Å². The van der Waals surface area contributed by atoms with Crippen LogP contribution < -0.4 is 9.86 Å². The number of hydrogen-bond donors (Lipinski definition) is 2. The van der Waals surface area contributed by atoms with Crippen LogP contribution in [0.25, 0.3) is 0 Å². The Morgan fingerprint density at radius 2 is 2.23 bits per heavy atom. The minimum absolute atomic E-state index is 0.0826. The Balaban J connectivity index is 2.96. The molecule has 13 heavy (non-hydrogen) atoms. The molecular weight excluding hydrogens is 192 g/mol. The lowest BCUT2D eigenvalue weighted by atomic mass is 10.4. The molecule has 0 aliphatic heterocycles. The van der Waals surface area contributed by atoms with Crippen molar-refractivity contribution in [3.63, 3.8) is 0 Å². The largest absolute Gasteiger partial charge is 0.297 e. The van der Waals surface area contributed by atoms with E-state index in [1.807, 2.05) is 13.8 Å². The molecule has 3 N–H and O–H groups in total. The second kappa shape index (κ2) is 3.35. The average molecular weight is 204 g/mol. The fraction of sp³-hybridized carbons (Fsp3) is 0.500. The van der Waals surface area contributed by atoms with Crippen LogP contribution in [-0.4, -0.2) is 18.2 Å². The van der Waals surface area contributed by atoms with Gasteiger partial charge in [0.25, 0.3) is 10.2 Å². The molecule has 6 nitrogen and oxygen atoms in total. The monoisotopic (exact) mass is 204 g/mol. The maximum atomic E-state index is 10.7. The lowest BCUT2D eigenvalue weighted by molar-refractivity contribution is 0.539. The van der Waals surface area contributed by atoms with Crippen molar-refractivity contribution >= 4 is 16.0 Å². The van der Waals surface area contributed by atoms with Gasteiger partial charge in [-0.15, -0.1) is 0 Å². The smallest absolute Gasteiger partial charge is 0.255 e. The van der Waals surface area contributed by atoms with Crippen molar-refractivity contribution in [2.75, 3.05) is 4.72 Å². The molecule has 0 atom stereocenters. The van der Waals surface area contributed by atoms with Gasteiger partial charge in [0.15, 0.2) is 0 Å². The van der Waals surface area contributed by atoms with Gasteiger partial charge >= 0.3 is 0 Å². The van der Waals surface area contributed by atoms with Crippen molar-refractivity contribution in [2.24, 2.45) is 5.14 Å². The van der Waals surface area contributed by atoms with Crippen LogP contribution in [0, 0.1) is 0 Å². The first-order valence-corrected chi connectivity index (χ1v) is 5.29. The zero-order valence-corrected chi connectivity index (χ0v) is 8.25. The van der Waals surface area contributed by atoms with Crippen molar-refractivity contribution in [3.8, 4) is 0 Å². The molecule has 0 fully saturated rings. The molecule has 0 aliphatic rings. The molecule has 0 amide bonds. The highest BCUT2D eigenvalue weighted by molar-refractivity contribution is 7.90. The highest BCUT2D eigenvalue weighted by atomic mass is 32.2. The van der Waals surface area contributed by atoms with Crippen LogP contribution in [0.3, 0.4) is 0 Å². The quantitative estimate of drug-likeness (QED) is 0.730. The summed E-state index contributed by atoms with van der Waals surface area (Å²) in [5.74, 6) is 0.373. The number of nitrogens with zero attached hydrogens (tertiary/aromatic N) is 2. The second-order valence-corrected chi connectivity index (χ2v) is 4.20. The summed E-state index contributed by atoms with van der Waals surface area (Å²) in [6.45, 7) is 3.78. The van der Waals surface area contributed by atoms with Gasteiger partial charge in [-0.1, -0.05) is 0 Å². The Morgan fingerprint density at radius 1 is 1.62 bits per heavy atom. The van der Waals surface area contributed by atoms with Gasteiger partial charge in [0.2, 0.25) is 0 Å². The molecule has 0 saturated heterocycles. The number of anilines is 1. The van der Waals surface area contributed by atoms with Gasteiger partial charge in [-0.05, 0) is 13.8 Å². The first kappa shape index (κ1) is 10.0. The third-order valence-electron chi connectivity index (χ3n) is 1.41. The third-order valence-corrected chi connectivity index (χ3v) is 1.90. The van der Waals surface area contributed by atoms with E-state index in [9.17, 15) is 8.42 Å². The van der Waals surface area contributed by atoms with Gasteiger partial charge in [0.05, 0.1) is 6.20 Å². The Morgan fingerprint density at radius 3 is 2.69 bits per heavy atom. The molecular formula is C6H12N4O2S. The first-order valence-electron chi connectivity index (χ1n) is 3.74. The van der Waals surface area contributed by atoms with Crippen LogP contribution in [0.2, 0.25) is 0 Å². The van der Waals surface area contributed by atoms with Gasteiger partial charge < -0.3 is 0 Å². The maximum Gasteiger partial charge on any atom is 0.297 e. The predicted molar refractivity (Wildman–Crippen MR) is 49.3 cm³/mol. The van der Waals surface area contributed by atoms with E-state index >= 15 is 0 Å². The highest BCUT2D eigenvalue weighted by Crippen LogP contribution is 2.13. The molecule has 7 heteroatoms. The molecule has 1 aromatic heterocycles. The number of aromatic nitrogens is 2. The molecule has 1 aromatic rings. The third kappa shape index (κ3) is 2.71. The summed E-state index contributed by atoms with van der Waals surface area (Å²) in [7, 11) is -3.71. The fourth-order valence-electron chi connectivity index (χ4n) is 0.952. The van der Waals surface area contributed by atoms with Crippen LogP contribution in [0.4, 0.5) is 5.82 Å². The van der Waals surface area contributed by atoms with Gasteiger partial charge in [-0.25, -0.2) is 9.82 Å². The molecule has 0 bridgehead atoms. The van der Waals surface area contributed by atoms with Gasteiger partial charge in [0, 0.05) is 12.1 Å². The van der Waals surface area contributed by atoms with Crippen molar-refractivity contribution in [2.45, 2.75) is 19.9 Å². The Kier molecular flexibility index (Phi) is 2.58. The normalized spacial score (nSPS) is 12.0. The molecule has 1 rings (SSSR count). The Hall–Kier alpha value is -1.08. The zero-order chi connectivity index (χ0) is 10.1. The number of rotatable bonds is 3. The summed E-state index contributed by atoms with van der Waals surface area (Å²) in [6, 6.07) is 1.63. The van der Waals surface area contributed by atoms with Gasteiger partial charge in [-0.2, -0.15) is 13.5 Å². The van der Waals surface area contributed by atoms with E-state index in [0.29, 0.717) is 5.82 Å². The Labute approximate surface area is 76.9 Å². The van der Waals surface area contributed by atoms with E-state index in [0.717, 1.165) is 0 Å². The molecule has 0 saturated carbocycles. The van der Waals surface area contributed by atoms with Crippen LogP contribution in [0.5, 0.6) is 0 Å². The number of nitrogens with one attached hydrogen (secondary N) is 1. The van der Waals surface area contributed by atoms with Crippen molar-refractivity contribution in [3.05, 3.63) is 12.3 Å². The minimum Gasteiger partial charge on any atom is -0.255 e. The van der Waals surface area contributed by atoms with Crippen LogP contribution >= 0.6 is 0 Å². The topological polar surface area (TPSA) is 90.0 Å². The molecule has 74 valence electrons. The predicted octanol–water partition coefficient (Wildman–Crippen LogP) is 0.0794. The van der Waals surface area contributed by atoms with Gasteiger partial charge in [0.1, 0.15) is 5.82 Å². The molecule has 0 radical (unpaired) electrons. The van der Waals surface area contributed by atoms with E-state index < -0.39 is 10.2 Å². The van der Waals surface area contributed by atoms with E-state index in [1.54, 1.807) is 6.07 Å². The summed E-state index contributed by atoms with van der Waals surface area (Å²) in [6.07, 6.45) is 1.51. The van der Waals surface area contributed by atoms with Crippen LogP contribution in [-0.2, 0) is 10.2 Å². The van der Waals surface area contributed by atoms with Gasteiger partial charge in [-0.3, -0.25) is 4.72 Å². The van der Waals surface area contributed by atoms with E-state index in [2.05, 4.69) is 9.82 Å². The van der Waals surface area contributed by atoms with Crippen LogP contribution in [0.15, 0.2) is 12.3 Å². The summed E-state index contributed by atoms with van der Waals surface area (Å²) < 4.78 is 25.1. The van der Waals surface area contributed by atoms with E-state index in [4.69, 9.17) is 5.14 Å². The fourth-order valence-corrected chi connectivity index (χ4v) is 1.41. The lowest BCUT2D eigenvalue weighted by Gasteiger charge is -2.10. The highest BCUT2D eigenvalue weighted by Gasteiger charge is 2.09. The van der Waals surface area contributed by atoms with E-state index in [-0.39, 0.29) is 6.04 Å². The minimum atomic E-state index is -3.71. The Bertz CT molecular complexity index is 381. The van der Waals surface area contributed by atoms with Crippen molar-refractivity contribution in [1.82, 2.24) is 9.78 Å².